The van der Waals surface area contributed by atoms with Gasteiger partial charge in [0.2, 0.25) is 0 Å². The highest BCUT2D eigenvalue weighted by molar-refractivity contribution is 5.90. The molecular weight excluding hydrogens is 200 g/mol. The van der Waals surface area contributed by atoms with Crippen LogP contribution in [0.15, 0.2) is 24.3 Å². The Kier molecular flexibility index (Phi) is 3.09. The van der Waals surface area contributed by atoms with Gasteiger partial charge in [0.25, 0.3) is 0 Å². The zero-order valence-corrected chi connectivity index (χ0v) is 9.49. The van der Waals surface area contributed by atoms with Crippen molar-refractivity contribution in [3.63, 3.8) is 0 Å². The Morgan fingerprint density at radius 2 is 2.12 bits per heavy atom. The summed E-state index contributed by atoms with van der Waals surface area (Å²) < 4.78 is 0. The molecule has 0 saturated heterocycles. The van der Waals surface area contributed by atoms with E-state index in [9.17, 15) is 4.79 Å². The average molecular weight is 216 g/mol. The van der Waals surface area contributed by atoms with Crippen molar-refractivity contribution in [1.82, 2.24) is 0 Å². The number of aliphatic carboxylic acids is 1. The van der Waals surface area contributed by atoms with Crippen LogP contribution in [0.1, 0.15) is 36.5 Å². The number of hydrogen-bond donors (Lipinski definition) is 1. The van der Waals surface area contributed by atoms with Crippen LogP contribution < -0.4 is 0 Å². The monoisotopic (exact) mass is 216 g/mol. The summed E-state index contributed by atoms with van der Waals surface area (Å²) in [6, 6.07) is 6.34. The summed E-state index contributed by atoms with van der Waals surface area (Å²) in [5.41, 5.74) is 4.78. The van der Waals surface area contributed by atoms with E-state index in [0.717, 1.165) is 24.0 Å². The summed E-state index contributed by atoms with van der Waals surface area (Å²) in [5, 5.41) is 8.79. The highest BCUT2D eigenvalue weighted by Crippen LogP contribution is 2.26. The lowest BCUT2D eigenvalue weighted by Crippen LogP contribution is -1.93. The van der Waals surface area contributed by atoms with Crippen LogP contribution in [0.2, 0.25) is 0 Å². The minimum absolute atomic E-state index is 0.755. The van der Waals surface area contributed by atoms with Crippen LogP contribution in [-0.4, -0.2) is 11.1 Å². The molecule has 0 amide bonds. The summed E-state index contributed by atoms with van der Waals surface area (Å²) in [4.78, 5) is 10.7. The topological polar surface area (TPSA) is 37.3 Å². The van der Waals surface area contributed by atoms with Crippen LogP contribution in [0.3, 0.4) is 0 Å². The number of benzene rings is 1. The summed E-state index contributed by atoms with van der Waals surface area (Å²) in [5.74, 6) is -0.864. The quantitative estimate of drug-likeness (QED) is 0.788. The molecular formula is C14H16O2. The van der Waals surface area contributed by atoms with E-state index < -0.39 is 5.97 Å². The molecule has 2 heteroatoms. The van der Waals surface area contributed by atoms with Crippen LogP contribution >= 0.6 is 0 Å². The van der Waals surface area contributed by atoms with E-state index in [0.29, 0.717) is 0 Å². The number of rotatable bonds is 3. The van der Waals surface area contributed by atoms with Crippen molar-refractivity contribution >= 4 is 11.5 Å². The predicted molar refractivity (Wildman–Crippen MR) is 64.4 cm³/mol. The Bertz CT molecular complexity index is 444. The minimum Gasteiger partial charge on any atom is -0.478 e. The van der Waals surface area contributed by atoms with Crippen molar-refractivity contribution in [2.24, 2.45) is 0 Å². The Hall–Kier alpha value is -1.57. The number of allylic oxidation sites excluding steroid dienone is 1. The fourth-order valence-electron chi connectivity index (χ4n) is 2.31. The third-order valence-corrected chi connectivity index (χ3v) is 3.15. The van der Waals surface area contributed by atoms with E-state index in [4.69, 9.17) is 5.11 Å². The van der Waals surface area contributed by atoms with E-state index in [-0.39, 0.29) is 0 Å². The Labute approximate surface area is 95.6 Å². The van der Waals surface area contributed by atoms with E-state index in [1.807, 2.05) is 13.0 Å². The molecule has 0 fully saturated rings. The van der Waals surface area contributed by atoms with Crippen molar-refractivity contribution in [3.05, 3.63) is 41.0 Å². The SMILES string of the molecule is CC/C(=C\C(=O)O)c1ccc2c(c1)CCC2. The molecule has 0 radical (unpaired) electrons. The first-order chi connectivity index (χ1) is 7.70. The average Bonchev–Trinajstić information content (AvgIpc) is 2.72. The van der Waals surface area contributed by atoms with Gasteiger partial charge in [-0.25, -0.2) is 4.79 Å². The largest absolute Gasteiger partial charge is 0.478 e. The molecule has 1 aromatic carbocycles. The van der Waals surface area contributed by atoms with Crippen molar-refractivity contribution in [3.8, 4) is 0 Å². The van der Waals surface area contributed by atoms with Crippen LogP contribution in [0.5, 0.6) is 0 Å². The van der Waals surface area contributed by atoms with Crippen molar-refractivity contribution in [2.75, 3.05) is 0 Å². The van der Waals surface area contributed by atoms with Gasteiger partial charge in [-0.2, -0.15) is 0 Å². The predicted octanol–water partition coefficient (Wildman–Crippen LogP) is 3.05. The molecule has 0 saturated carbocycles. The van der Waals surface area contributed by atoms with Crippen LogP contribution in [0.25, 0.3) is 5.57 Å². The molecule has 1 aromatic rings. The molecule has 1 aliphatic rings. The van der Waals surface area contributed by atoms with Gasteiger partial charge in [0.1, 0.15) is 0 Å². The Morgan fingerprint density at radius 3 is 2.81 bits per heavy atom. The lowest BCUT2D eigenvalue weighted by molar-refractivity contribution is -0.131. The van der Waals surface area contributed by atoms with Crippen molar-refractivity contribution in [2.45, 2.75) is 32.6 Å². The van der Waals surface area contributed by atoms with Crippen molar-refractivity contribution < 1.29 is 9.90 Å². The Morgan fingerprint density at radius 1 is 1.38 bits per heavy atom. The van der Waals surface area contributed by atoms with Gasteiger partial charge in [-0.05, 0) is 47.9 Å². The first-order valence-corrected chi connectivity index (χ1v) is 5.76. The molecule has 2 nitrogen and oxygen atoms in total. The normalized spacial score (nSPS) is 14.9. The number of carboxylic acids is 1. The Balaban J connectivity index is 2.36. The third-order valence-electron chi connectivity index (χ3n) is 3.15. The zero-order valence-electron chi connectivity index (χ0n) is 9.49. The second-order valence-electron chi connectivity index (χ2n) is 4.20. The molecule has 0 aromatic heterocycles. The van der Waals surface area contributed by atoms with Crippen LogP contribution in [0.4, 0.5) is 0 Å². The third kappa shape index (κ3) is 2.16. The highest BCUT2D eigenvalue weighted by Gasteiger charge is 2.12. The van der Waals surface area contributed by atoms with E-state index >= 15 is 0 Å². The molecule has 0 atom stereocenters. The fraction of sp³-hybridized carbons (Fsp3) is 0.357. The minimum atomic E-state index is -0.864. The lowest BCUT2D eigenvalue weighted by Gasteiger charge is -2.07. The zero-order chi connectivity index (χ0) is 11.5. The van der Waals surface area contributed by atoms with E-state index in [1.165, 1.54) is 30.0 Å². The van der Waals surface area contributed by atoms with Gasteiger partial charge in [-0.3, -0.25) is 0 Å². The van der Waals surface area contributed by atoms with E-state index in [2.05, 4.69) is 12.1 Å². The molecule has 0 heterocycles. The van der Waals surface area contributed by atoms with Gasteiger partial charge in [-0.1, -0.05) is 25.1 Å². The first kappa shape index (κ1) is 10.9. The van der Waals surface area contributed by atoms with E-state index in [1.54, 1.807) is 0 Å². The van der Waals surface area contributed by atoms with Crippen LogP contribution in [0, 0.1) is 0 Å². The van der Waals surface area contributed by atoms with Crippen molar-refractivity contribution in [1.29, 1.82) is 0 Å². The number of carbonyl (C=O) groups is 1. The number of hydrogen-bond acceptors (Lipinski definition) is 1. The standard InChI is InChI=1S/C14H16O2/c1-2-10(9-14(15)16)13-7-6-11-4-3-5-12(11)8-13/h6-9H,2-5H2,1H3,(H,15,16)/b10-9+. The summed E-state index contributed by atoms with van der Waals surface area (Å²) >= 11 is 0. The molecule has 84 valence electrons. The van der Waals surface area contributed by atoms with Gasteiger partial charge < -0.3 is 5.11 Å². The number of fused-ring (bicyclic) bond motifs is 1. The maximum Gasteiger partial charge on any atom is 0.328 e. The molecule has 0 aliphatic heterocycles. The fourth-order valence-corrected chi connectivity index (χ4v) is 2.31. The molecule has 2 rings (SSSR count). The summed E-state index contributed by atoms with van der Waals surface area (Å²) in [6.45, 7) is 1.99. The molecule has 1 aliphatic carbocycles. The van der Waals surface area contributed by atoms with Gasteiger partial charge in [0.05, 0.1) is 0 Å². The summed E-state index contributed by atoms with van der Waals surface area (Å²) in [6.07, 6.45) is 5.59. The molecule has 16 heavy (non-hydrogen) atoms. The maximum atomic E-state index is 10.7. The number of carboxylic acid groups (broad SMARTS) is 1. The second-order valence-corrected chi connectivity index (χ2v) is 4.20. The summed E-state index contributed by atoms with van der Waals surface area (Å²) in [7, 11) is 0. The van der Waals surface area contributed by atoms with Gasteiger partial charge in [-0.15, -0.1) is 0 Å². The molecule has 0 unspecified atom stereocenters. The second kappa shape index (κ2) is 4.52. The number of aryl methyl sites for hydroxylation is 2. The molecule has 0 spiro atoms. The van der Waals surface area contributed by atoms with Gasteiger partial charge in [0.15, 0.2) is 0 Å². The van der Waals surface area contributed by atoms with Crippen LogP contribution in [-0.2, 0) is 17.6 Å². The maximum absolute atomic E-state index is 10.7. The smallest absolute Gasteiger partial charge is 0.328 e. The first-order valence-electron chi connectivity index (χ1n) is 5.76. The molecule has 1 N–H and O–H groups in total. The highest BCUT2D eigenvalue weighted by atomic mass is 16.4. The van der Waals surface area contributed by atoms with Gasteiger partial charge in [0, 0.05) is 6.08 Å². The lowest BCUT2D eigenvalue weighted by atomic mass is 9.99. The van der Waals surface area contributed by atoms with Gasteiger partial charge >= 0.3 is 5.97 Å². The molecule has 0 bridgehead atoms.